The number of amides is 1. The highest BCUT2D eigenvalue weighted by Gasteiger charge is 2.33. The maximum atomic E-state index is 12.4. The highest BCUT2D eigenvalue weighted by molar-refractivity contribution is 6.00. The standard InChI is InChI=1S/C17H25NO4/c1-4-6-7-18-14-9-13(11-19)10-15(21-8-5-2)16(14)22-12(3)17(18)20/h9-10,12,19H,4-8,11H2,1-3H3. The molecule has 5 nitrogen and oxygen atoms in total. The fourth-order valence-corrected chi connectivity index (χ4v) is 2.48. The minimum atomic E-state index is -0.520. The van der Waals surface area contributed by atoms with Crippen molar-refractivity contribution in [2.45, 2.75) is 52.7 Å². The highest BCUT2D eigenvalue weighted by Crippen LogP contribution is 2.43. The van der Waals surface area contributed by atoms with Gasteiger partial charge in [-0.05, 0) is 37.5 Å². The number of benzene rings is 1. The molecule has 0 spiro atoms. The van der Waals surface area contributed by atoms with Crippen LogP contribution in [0.25, 0.3) is 0 Å². The minimum Gasteiger partial charge on any atom is -0.490 e. The van der Waals surface area contributed by atoms with Crippen LogP contribution in [0.4, 0.5) is 5.69 Å². The first kappa shape index (κ1) is 16.6. The number of ether oxygens (including phenoxy) is 2. The van der Waals surface area contributed by atoms with E-state index in [-0.39, 0.29) is 12.5 Å². The van der Waals surface area contributed by atoms with Crippen molar-refractivity contribution in [2.24, 2.45) is 0 Å². The summed E-state index contributed by atoms with van der Waals surface area (Å²) >= 11 is 0. The van der Waals surface area contributed by atoms with Gasteiger partial charge in [-0.2, -0.15) is 0 Å². The van der Waals surface area contributed by atoms with Crippen LogP contribution in [0.2, 0.25) is 0 Å². The van der Waals surface area contributed by atoms with Gasteiger partial charge in [0.15, 0.2) is 17.6 Å². The lowest BCUT2D eigenvalue weighted by Gasteiger charge is -2.34. The molecule has 1 aliphatic rings. The summed E-state index contributed by atoms with van der Waals surface area (Å²) in [5, 5.41) is 9.47. The number of carbonyl (C=O) groups is 1. The summed E-state index contributed by atoms with van der Waals surface area (Å²) in [5.74, 6) is 1.16. The van der Waals surface area contributed by atoms with Crippen molar-refractivity contribution >= 4 is 11.6 Å². The van der Waals surface area contributed by atoms with Gasteiger partial charge in [-0.3, -0.25) is 4.79 Å². The van der Waals surface area contributed by atoms with Crippen LogP contribution in [-0.4, -0.2) is 30.3 Å². The number of rotatable bonds is 7. The molecule has 1 N–H and O–H groups in total. The second-order valence-corrected chi connectivity index (χ2v) is 5.55. The number of fused-ring (bicyclic) bond motifs is 1. The summed E-state index contributed by atoms with van der Waals surface area (Å²) in [6.45, 7) is 7.01. The second-order valence-electron chi connectivity index (χ2n) is 5.55. The normalized spacial score (nSPS) is 17.2. The first-order chi connectivity index (χ1) is 10.6. The third-order valence-electron chi connectivity index (χ3n) is 3.67. The average molecular weight is 307 g/mol. The molecule has 122 valence electrons. The van der Waals surface area contributed by atoms with Crippen molar-refractivity contribution in [1.82, 2.24) is 0 Å². The van der Waals surface area contributed by atoms with E-state index >= 15 is 0 Å². The third-order valence-corrected chi connectivity index (χ3v) is 3.67. The maximum absolute atomic E-state index is 12.4. The maximum Gasteiger partial charge on any atom is 0.267 e. The molecule has 0 radical (unpaired) electrons. The van der Waals surface area contributed by atoms with Gasteiger partial charge in [0.25, 0.3) is 5.91 Å². The molecule has 1 heterocycles. The van der Waals surface area contributed by atoms with E-state index in [9.17, 15) is 9.90 Å². The van der Waals surface area contributed by atoms with Gasteiger partial charge in [-0.15, -0.1) is 0 Å². The van der Waals surface area contributed by atoms with Gasteiger partial charge >= 0.3 is 0 Å². The smallest absolute Gasteiger partial charge is 0.267 e. The van der Waals surface area contributed by atoms with Crippen molar-refractivity contribution in [1.29, 1.82) is 0 Å². The fourth-order valence-electron chi connectivity index (χ4n) is 2.48. The van der Waals surface area contributed by atoms with Gasteiger partial charge in [-0.1, -0.05) is 20.3 Å². The van der Waals surface area contributed by atoms with E-state index in [1.807, 2.05) is 13.0 Å². The molecule has 0 aliphatic carbocycles. The summed E-state index contributed by atoms with van der Waals surface area (Å²) in [6.07, 6.45) is 2.29. The minimum absolute atomic E-state index is 0.0440. The summed E-state index contributed by atoms with van der Waals surface area (Å²) in [7, 11) is 0. The van der Waals surface area contributed by atoms with E-state index in [4.69, 9.17) is 9.47 Å². The van der Waals surface area contributed by atoms with Crippen LogP contribution >= 0.6 is 0 Å². The van der Waals surface area contributed by atoms with Crippen LogP contribution in [0.15, 0.2) is 12.1 Å². The first-order valence-corrected chi connectivity index (χ1v) is 8.00. The second kappa shape index (κ2) is 7.49. The lowest BCUT2D eigenvalue weighted by Crippen LogP contribution is -2.45. The monoisotopic (exact) mass is 307 g/mol. The Hall–Kier alpha value is -1.75. The molecular formula is C17H25NO4. The van der Waals surface area contributed by atoms with Crippen LogP contribution in [0.5, 0.6) is 11.5 Å². The van der Waals surface area contributed by atoms with Crippen LogP contribution in [0, 0.1) is 0 Å². The molecule has 0 aromatic heterocycles. The molecule has 1 unspecified atom stereocenters. The van der Waals surface area contributed by atoms with E-state index in [1.54, 1.807) is 17.9 Å². The number of hydrogen-bond acceptors (Lipinski definition) is 4. The van der Waals surface area contributed by atoms with Gasteiger partial charge in [0.05, 0.1) is 18.9 Å². The molecule has 5 heteroatoms. The van der Waals surface area contributed by atoms with Gasteiger partial charge < -0.3 is 19.5 Å². The number of carbonyl (C=O) groups excluding carboxylic acids is 1. The van der Waals surface area contributed by atoms with Crippen LogP contribution in [0.3, 0.4) is 0 Å². The van der Waals surface area contributed by atoms with E-state index in [0.29, 0.717) is 30.3 Å². The number of aliphatic hydroxyl groups excluding tert-OH is 1. The summed E-state index contributed by atoms with van der Waals surface area (Å²) < 4.78 is 11.5. The van der Waals surface area contributed by atoms with Crippen LogP contribution in [0.1, 0.15) is 45.6 Å². The van der Waals surface area contributed by atoms with Gasteiger partial charge in [0.2, 0.25) is 0 Å². The first-order valence-electron chi connectivity index (χ1n) is 8.00. The van der Waals surface area contributed by atoms with Gasteiger partial charge in [0.1, 0.15) is 0 Å². The fraction of sp³-hybridized carbons (Fsp3) is 0.588. The van der Waals surface area contributed by atoms with Crippen molar-refractivity contribution in [3.8, 4) is 11.5 Å². The number of nitrogens with zero attached hydrogens (tertiary/aromatic N) is 1. The molecule has 0 fully saturated rings. The Morgan fingerprint density at radius 1 is 1.32 bits per heavy atom. The Labute approximate surface area is 131 Å². The lowest BCUT2D eigenvalue weighted by atomic mass is 10.1. The van der Waals surface area contributed by atoms with Crippen molar-refractivity contribution in [3.63, 3.8) is 0 Å². The van der Waals surface area contributed by atoms with Gasteiger partial charge in [0, 0.05) is 6.54 Å². The summed E-state index contributed by atoms with van der Waals surface area (Å²) in [4.78, 5) is 14.2. The number of anilines is 1. The third kappa shape index (κ3) is 3.35. The largest absolute Gasteiger partial charge is 0.490 e. The van der Waals surface area contributed by atoms with Crippen molar-refractivity contribution in [2.75, 3.05) is 18.1 Å². The molecule has 22 heavy (non-hydrogen) atoms. The zero-order chi connectivity index (χ0) is 16.1. The summed E-state index contributed by atoms with van der Waals surface area (Å²) in [6, 6.07) is 3.60. The highest BCUT2D eigenvalue weighted by atomic mass is 16.5. The molecule has 1 amide bonds. The Bertz CT molecular complexity index is 530. The zero-order valence-electron chi connectivity index (χ0n) is 13.6. The molecule has 0 bridgehead atoms. The predicted molar refractivity (Wildman–Crippen MR) is 85.5 cm³/mol. The molecular weight excluding hydrogens is 282 g/mol. The molecule has 1 aromatic carbocycles. The quantitative estimate of drug-likeness (QED) is 0.841. The molecule has 2 rings (SSSR count). The molecule has 1 atom stereocenters. The van der Waals surface area contributed by atoms with Crippen LogP contribution in [-0.2, 0) is 11.4 Å². The number of hydrogen-bond donors (Lipinski definition) is 1. The topological polar surface area (TPSA) is 59.0 Å². The number of aliphatic hydroxyl groups is 1. The van der Waals surface area contributed by atoms with Gasteiger partial charge in [-0.25, -0.2) is 0 Å². The average Bonchev–Trinajstić information content (AvgIpc) is 2.53. The van der Waals surface area contributed by atoms with E-state index < -0.39 is 6.10 Å². The van der Waals surface area contributed by atoms with E-state index in [0.717, 1.165) is 24.8 Å². The Kier molecular flexibility index (Phi) is 5.66. The number of unbranched alkanes of at least 4 members (excludes halogenated alkanes) is 1. The molecule has 0 saturated carbocycles. The predicted octanol–water partition coefficient (Wildman–Crippen LogP) is 2.88. The van der Waals surface area contributed by atoms with Crippen molar-refractivity contribution < 1.29 is 19.4 Å². The molecule has 1 aromatic rings. The Balaban J connectivity index is 2.45. The zero-order valence-corrected chi connectivity index (χ0v) is 13.6. The summed E-state index contributed by atoms with van der Waals surface area (Å²) in [5.41, 5.74) is 1.42. The molecule has 1 aliphatic heterocycles. The van der Waals surface area contributed by atoms with E-state index in [2.05, 4.69) is 6.92 Å². The van der Waals surface area contributed by atoms with Crippen molar-refractivity contribution in [3.05, 3.63) is 17.7 Å². The Morgan fingerprint density at radius 3 is 2.73 bits per heavy atom. The Morgan fingerprint density at radius 2 is 2.09 bits per heavy atom. The lowest BCUT2D eigenvalue weighted by molar-refractivity contribution is -0.125. The SMILES string of the molecule is CCCCN1C(=O)C(C)Oc2c(OCCC)cc(CO)cc21. The molecule has 0 saturated heterocycles. The van der Waals surface area contributed by atoms with Crippen LogP contribution < -0.4 is 14.4 Å². The van der Waals surface area contributed by atoms with E-state index in [1.165, 1.54) is 0 Å².